The Balaban J connectivity index is 1.88. The second kappa shape index (κ2) is 9.31. The Morgan fingerprint density at radius 3 is 2.50 bits per heavy atom. The molecule has 0 heterocycles. The van der Waals surface area contributed by atoms with Crippen LogP contribution in [0, 0.1) is 0 Å². The van der Waals surface area contributed by atoms with Crippen molar-refractivity contribution in [3.63, 3.8) is 0 Å². The third-order valence-corrected chi connectivity index (χ3v) is 3.84. The minimum absolute atomic E-state index is 0.320. The number of ether oxygens (including phenoxy) is 3. The summed E-state index contributed by atoms with van der Waals surface area (Å²) in [4.78, 5) is 24.0. The van der Waals surface area contributed by atoms with Crippen LogP contribution in [0.15, 0.2) is 42.5 Å². The minimum Gasteiger partial charge on any atom is -0.493 e. The fourth-order valence-electron chi connectivity index (χ4n) is 1.99. The Hall–Kier alpha value is -2.44. The Labute approximate surface area is 160 Å². The Morgan fingerprint density at radius 2 is 1.81 bits per heavy atom. The van der Waals surface area contributed by atoms with E-state index in [0.717, 1.165) is 0 Å². The first kappa shape index (κ1) is 19.9. The van der Waals surface area contributed by atoms with Crippen molar-refractivity contribution in [2.24, 2.45) is 0 Å². The van der Waals surface area contributed by atoms with Gasteiger partial charge in [-0.3, -0.25) is 4.79 Å². The largest absolute Gasteiger partial charge is 0.493 e. The molecule has 0 aliphatic carbocycles. The molecule has 0 radical (unpaired) electrons. The lowest BCUT2D eigenvalue weighted by molar-refractivity contribution is -0.155. The number of hydrogen-bond donors (Lipinski definition) is 1. The molecule has 1 N–H and O–H groups in total. The maximum absolute atomic E-state index is 12.1. The number of esters is 1. The second-order valence-electron chi connectivity index (χ2n) is 5.19. The van der Waals surface area contributed by atoms with Crippen LogP contribution in [0.4, 0.5) is 5.69 Å². The quantitative estimate of drug-likeness (QED) is 0.715. The highest BCUT2D eigenvalue weighted by Crippen LogP contribution is 2.26. The van der Waals surface area contributed by atoms with Crippen LogP contribution in [0.5, 0.6) is 11.5 Å². The summed E-state index contributed by atoms with van der Waals surface area (Å²) in [7, 11) is 1.49. The van der Waals surface area contributed by atoms with Gasteiger partial charge in [0.05, 0.1) is 17.8 Å². The molecule has 6 nitrogen and oxygen atoms in total. The molecule has 2 aromatic rings. The molecule has 0 aliphatic rings. The molecule has 0 aromatic heterocycles. The van der Waals surface area contributed by atoms with Gasteiger partial charge in [-0.15, -0.1) is 0 Å². The summed E-state index contributed by atoms with van der Waals surface area (Å²) in [6.45, 7) is 1.07. The smallest absolute Gasteiger partial charge is 0.344 e. The van der Waals surface area contributed by atoms with Crippen LogP contribution in [-0.4, -0.2) is 31.7 Å². The SMILES string of the molecule is COc1ccccc1OCC(=O)O[C@H](C)C(=O)Nc1cc(Cl)ccc1Cl. The number of carbonyl (C=O) groups excluding carboxylic acids is 2. The van der Waals surface area contributed by atoms with E-state index in [4.69, 9.17) is 37.4 Å². The average Bonchev–Trinajstić information content (AvgIpc) is 2.63. The van der Waals surface area contributed by atoms with Gasteiger partial charge in [-0.1, -0.05) is 35.3 Å². The van der Waals surface area contributed by atoms with E-state index in [1.54, 1.807) is 36.4 Å². The number of carbonyl (C=O) groups is 2. The number of hydrogen-bond acceptors (Lipinski definition) is 5. The van der Waals surface area contributed by atoms with Crippen LogP contribution >= 0.6 is 23.2 Å². The Morgan fingerprint density at radius 1 is 1.12 bits per heavy atom. The van der Waals surface area contributed by atoms with Gasteiger partial charge in [0, 0.05) is 5.02 Å². The highest BCUT2D eigenvalue weighted by molar-refractivity contribution is 6.35. The lowest BCUT2D eigenvalue weighted by Crippen LogP contribution is -2.31. The molecule has 0 bridgehead atoms. The number of methoxy groups -OCH3 is 1. The van der Waals surface area contributed by atoms with E-state index < -0.39 is 18.0 Å². The van der Waals surface area contributed by atoms with E-state index in [-0.39, 0.29) is 6.61 Å². The van der Waals surface area contributed by atoms with Gasteiger partial charge in [-0.25, -0.2) is 4.79 Å². The first-order chi connectivity index (χ1) is 12.4. The number of para-hydroxylation sites is 2. The summed E-state index contributed by atoms with van der Waals surface area (Å²) in [6.07, 6.45) is -1.04. The fraction of sp³-hybridized carbons (Fsp3) is 0.222. The highest BCUT2D eigenvalue weighted by atomic mass is 35.5. The van der Waals surface area contributed by atoms with E-state index in [1.165, 1.54) is 20.1 Å². The van der Waals surface area contributed by atoms with E-state index >= 15 is 0 Å². The molecule has 2 rings (SSSR count). The van der Waals surface area contributed by atoms with Gasteiger partial charge in [-0.2, -0.15) is 0 Å². The fourth-order valence-corrected chi connectivity index (χ4v) is 2.32. The summed E-state index contributed by atoms with van der Waals surface area (Å²) in [5.74, 6) is -0.355. The van der Waals surface area contributed by atoms with Crippen molar-refractivity contribution in [3.05, 3.63) is 52.5 Å². The van der Waals surface area contributed by atoms with E-state index in [0.29, 0.717) is 27.2 Å². The standard InChI is InChI=1S/C18H17Cl2NO5/c1-11(18(23)21-14-9-12(19)7-8-13(14)20)26-17(22)10-25-16-6-4-3-5-15(16)24-2/h3-9,11H,10H2,1-2H3,(H,21,23)/t11-/m1/s1. The molecule has 2 aromatic carbocycles. The topological polar surface area (TPSA) is 73.9 Å². The minimum atomic E-state index is -1.04. The van der Waals surface area contributed by atoms with E-state index in [1.807, 2.05) is 0 Å². The van der Waals surface area contributed by atoms with E-state index in [2.05, 4.69) is 5.32 Å². The maximum Gasteiger partial charge on any atom is 0.344 e. The van der Waals surface area contributed by atoms with Crippen LogP contribution in [0.3, 0.4) is 0 Å². The maximum atomic E-state index is 12.1. The molecular formula is C18H17Cl2NO5. The van der Waals surface area contributed by atoms with Crippen molar-refractivity contribution < 1.29 is 23.8 Å². The van der Waals surface area contributed by atoms with Crippen molar-refractivity contribution in [1.29, 1.82) is 0 Å². The van der Waals surface area contributed by atoms with Crippen LogP contribution in [0.2, 0.25) is 10.0 Å². The molecule has 0 saturated heterocycles. The van der Waals surface area contributed by atoms with Crippen molar-refractivity contribution >= 4 is 40.8 Å². The Bertz CT molecular complexity index is 797. The first-order valence-electron chi connectivity index (χ1n) is 7.62. The number of benzene rings is 2. The summed E-state index contributed by atoms with van der Waals surface area (Å²) in [5.41, 5.74) is 0.331. The lowest BCUT2D eigenvalue weighted by atomic mass is 10.3. The van der Waals surface area contributed by atoms with Gasteiger partial charge in [0.1, 0.15) is 0 Å². The number of rotatable bonds is 7. The third kappa shape index (κ3) is 5.54. The van der Waals surface area contributed by atoms with Crippen molar-refractivity contribution in [2.75, 3.05) is 19.0 Å². The molecule has 0 unspecified atom stereocenters. The van der Waals surface area contributed by atoms with Crippen LogP contribution in [0.25, 0.3) is 0 Å². The zero-order valence-corrected chi connectivity index (χ0v) is 15.6. The third-order valence-electron chi connectivity index (χ3n) is 3.28. The molecule has 1 amide bonds. The van der Waals surface area contributed by atoms with Crippen molar-refractivity contribution in [2.45, 2.75) is 13.0 Å². The van der Waals surface area contributed by atoms with Crippen molar-refractivity contribution in [1.82, 2.24) is 0 Å². The van der Waals surface area contributed by atoms with Gasteiger partial charge in [0.2, 0.25) is 0 Å². The summed E-state index contributed by atoms with van der Waals surface area (Å²) in [6, 6.07) is 11.5. The zero-order chi connectivity index (χ0) is 19.1. The van der Waals surface area contributed by atoms with Gasteiger partial charge in [0.25, 0.3) is 5.91 Å². The molecule has 138 valence electrons. The highest BCUT2D eigenvalue weighted by Gasteiger charge is 2.19. The predicted octanol–water partition coefficient (Wildman–Crippen LogP) is 3.95. The molecule has 0 aliphatic heterocycles. The second-order valence-corrected chi connectivity index (χ2v) is 6.03. The molecule has 26 heavy (non-hydrogen) atoms. The average molecular weight is 398 g/mol. The summed E-state index contributed by atoms with van der Waals surface area (Å²) >= 11 is 11.9. The van der Waals surface area contributed by atoms with Gasteiger partial charge >= 0.3 is 5.97 Å². The van der Waals surface area contributed by atoms with Gasteiger partial charge in [0.15, 0.2) is 24.2 Å². The van der Waals surface area contributed by atoms with Gasteiger partial charge < -0.3 is 19.5 Å². The van der Waals surface area contributed by atoms with Crippen LogP contribution < -0.4 is 14.8 Å². The molecule has 8 heteroatoms. The van der Waals surface area contributed by atoms with Crippen LogP contribution in [0.1, 0.15) is 6.92 Å². The molecule has 0 spiro atoms. The lowest BCUT2D eigenvalue weighted by Gasteiger charge is -2.15. The first-order valence-corrected chi connectivity index (χ1v) is 8.37. The Kier molecular flexibility index (Phi) is 7.12. The zero-order valence-electron chi connectivity index (χ0n) is 14.1. The molecule has 0 fully saturated rings. The summed E-state index contributed by atoms with van der Waals surface area (Å²) < 4.78 is 15.5. The van der Waals surface area contributed by atoms with E-state index in [9.17, 15) is 9.59 Å². The van der Waals surface area contributed by atoms with Crippen LogP contribution in [-0.2, 0) is 14.3 Å². The number of amides is 1. The molecule has 0 saturated carbocycles. The number of nitrogens with one attached hydrogen (secondary N) is 1. The molecule has 1 atom stereocenters. The number of anilines is 1. The predicted molar refractivity (Wildman–Crippen MR) is 99.1 cm³/mol. The van der Waals surface area contributed by atoms with Crippen molar-refractivity contribution in [3.8, 4) is 11.5 Å². The summed E-state index contributed by atoms with van der Waals surface area (Å²) in [5, 5.41) is 3.29. The normalized spacial score (nSPS) is 11.4. The van der Waals surface area contributed by atoms with Gasteiger partial charge in [-0.05, 0) is 37.3 Å². The monoisotopic (exact) mass is 397 g/mol. The molecular weight excluding hydrogens is 381 g/mol. The number of halogens is 2.